The van der Waals surface area contributed by atoms with Gasteiger partial charge in [-0.15, -0.1) is 0 Å². The number of hydrogen-bond acceptors (Lipinski definition) is 4. The van der Waals surface area contributed by atoms with Gasteiger partial charge in [0.1, 0.15) is 0 Å². The molecule has 1 aliphatic rings. The first-order valence-electron chi connectivity index (χ1n) is 7.63. The second-order valence-corrected chi connectivity index (χ2v) is 5.95. The lowest BCUT2D eigenvalue weighted by atomic mass is 10.1. The van der Waals surface area contributed by atoms with Crippen molar-refractivity contribution < 1.29 is 9.53 Å². The maximum Gasteiger partial charge on any atom is 0.236 e. The quantitative estimate of drug-likeness (QED) is 0.882. The van der Waals surface area contributed by atoms with Crippen molar-refractivity contribution in [2.24, 2.45) is 0 Å². The number of nitrogens with one attached hydrogen (secondary N) is 1. The van der Waals surface area contributed by atoms with Crippen LogP contribution >= 0.6 is 0 Å². The Kier molecular flexibility index (Phi) is 5.36. The molecule has 2 rings (SSSR count). The van der Waals surface area contributed by atoms with Crippen molar-refractivity contribution in [1.29, 1.82) is 0 Å². The van der Waals surface area contributed by atoms with Gasteiger partial charge in [-0.25, -0.2) is 0 Å². The Morgan fingerprint density at radius 3 is 2.62 bits per heavy atom. The molecule has 0 aromatic carbocycles. The zero-order valence-corrected chi connectivity index (χ0v) is 13.3. The Labute approximate surface area is 126 Å². The third kappa shape index (κ3) is 4.28. The zero-order valence-electron chi connectivity index (χ0n) is 13.3. The largest absolute Gasteiger partial charge is 0.372 e. The van der Waals surface area contributed by atoms with Gasteiger partial charge in [-0.05, 0) is 33.8 Å². The van der Waals surface area contributed by atoms with Crippen LogP contribution in [0.1, 0.15) is 33.7 Å². The van der Waals surface area contributed by atoms with Crippen LogP contribution in [0.25, 0.3) is 0 Å². The molecule has 0 saturated carbocycles. The Morgan fingerprint density at radius 2 is 2.05 bits per heavy atom. The van der Waals surface area contributed by atoms with Crippen LogP contribution in [0, 0.1) is 0 Å². The van der Waals surface area contributed by atoms with Crippen LogP contribution in [-0.2, 0) is 9.53 Å². The van der Waals surface area contributed by atoms with E-state index in [-0.39, 0.29) is 30.2 Å². The first-order valence-corrected chi connectivity index (χ1v) is 7.63. The lowest BCUT2D eigenvalue weighted by Crippen LogP contribution is -2.51. The summed E-state index contributed by atoms with van der Waals surface area (Å²) in [4.78, 5) is 14.2. The van der Waals surface area contributed by atoms with Gasteiger partial charge in [-0.1, -0.05) is 0 Å². The molecule has 2 heterocycles. The van der Waals surface area contributed by atoms with Crippen LogP contribution in [0.5, 0.6) is 0 Å². The number of aromatic nitrogens is 2. The smallest absolute Gasteiger partial charge is 0.236 e. The molecule has 1 aromatic rings. The molecule has 0 aliphatic carbocycles. The van der Waals surface area contributed by atoms with E-state index >= 15 is 0 Å². The Hall–Kier alpha value is -1.40. The molecule has 1 saturated heterocycles. The lowest BCUT2D eigenvalue weighted by Gasteiger charge is -2.35. The van der Waals surface area contributed by atoms with E-state index in [1.807, 2.05) is 35.7 Å². The van der Waals surface area contributed by atoms with Gasteiger partial charge in [-0.2, -0.15) is 5.10 Å². The minimum Gasteiger partial charge on any atom is -0.372 e. The fourth-order valence-corrected chi connectivity index (χ4v) is 2.66. The molecule has 4 atom stereocenters. The third-order valence-electron chi connectivity index (χ3n) is 4.01. The van der Waals surface area contributed by atoms with Gasteiger partial charge in [0.25, 0.3) is 0 Å². The number of morpholine rings is 1. The van der Waals surface area contributed by atoms with Gasteiger partial charge >= 0.3 is 0 Å². The standard InChI is InChI=1S/C15H26N4O2/c1-11-9-18(10-12(2)21-11)15(20)8-16-13(3)14(4)19-7-5-6-17-19/h5-7,11-14,16H,8-10H2,1-4H3. The molecule has 118 valence electrons. The van der Waals surface area contributed by atoms with Gasteiger partial charge in [0, 0.05) is 31.5 Å². The van der Waals surface area contributed by atoms with Crippen LogP contribution in [0.3, 0.4) is 0 Å². The highest BCUT2D eigenvalue weighted by atomic mass is 16.5. The first-order chi connectivity index (χ1) is 9.97. The third-order valence-corrected chi connectivity index (χ3v) is 4.01. The van der Waals surface area contributed by atoms with Crippen LogP contribution in [0.15, 0.2) is 18.5 Å². The van der Waals surface area contributed by atoms with Gasteiger partial charge in [0.2, 0.25) is 5.91 Å². The number of hydrogen-bond donors (Lipinski definition) is 1. The van der Waals surface area contributed by atoms with Gasteiger partial charge in [-0.3, -0.25) is 9.48 Å². The van der Waals surface area contributed by atoms with Crippen molar-refractivity contribution in [2.45, 2.75) is 52.0 Å². The van der Waals surface area contributed by atoms with Gasteiger partial charge in [0.05, 0.1) is 24.8 Å². The van der Waals surface area contributed by atoms with Gasteiger partial charge in [0.15, 0.2) is 0 Å². The van der Waals surface area contributed by atoms with E-state index in [0.717, 1.165) is 0 Å². The lowest BCUT2D eigenvalue weighted by molar-refractivity contribution is -0.142. The molecule has 1 amide bonds. The molecule has 0 spiro atoms. The number of nitrogens with zero attached hydrogens (tertiary/aromatic N) is 3. The number of rotatable bonds is 5. The minimum absolute atomic E-state index is 0.109. The molecule has 0 radical (unpaired) electrons. The van der Waals surface area contributed by atoms with Crippen LogP contribution < -0.4 is 5.32 Å². The summed E-state index contributed by atoms with van der Waals surface area (Å²) in [5.74, 6) is 0.136. The highest BCUT2D eigenvalue weighted by Gasteiger charge is 2.26. The van der Waals surface area contributed by atoms with Crippen molar-refractivity contribution in [3.63, 3.8) is 0 Å². The summed E-state index contributed by atoms with van der Waals surface area (Å²) in [7, 11) is 0. The number of amides is 1. The van der Waals surface area contributed by atoms with Crippen LogP contribution in [0.2, 0.25) is 0 Å². The van der Waals surface area contributed by atoms with E-state index in [1.54, 1.807) is 6.20 Å². The van der Waals surface area contributed by atoms with Crippen molar-refractivity contribution in [3.05, 3.63) is 18.5 Å². The Bertz CT molecular complexity index is 439. The summed E-state index contributed by atoms with van der Waals surface area (Å²) in [6.07, 6.45) is 3.93. The van der Waals surface area contributed by atoms with E-state index in [0.29, 0.717) is 19.6 Å². The minimum atomic E-state index is 0.109. The molecule has 1 N–H and O–H groups in total. The van der Waals surface area contributed by atoms with E-state index in [9.17, 15) is 4.79 Å². The monoisotopic (exact) mass is 294 g/mol. The molecule has 1 aliphatic heterocycles. The molecular weight excluding hydrogens is 268 g/mol. The molecule has 1 fully saturated rings. The maximum atomic E-state index is 12.3. The molecule has 6 nitrogen and oxygen atoms in total. The summed E-state index contributed by atoms with van der Waals surface area (Å²) in [5.41, 5.74) is 0. The van der Waals surface area contributed by atoms with Crippen molar-refractivity contribution in [1.82, 2.24) is 20.0 Å². The summed E-state index contributed by atoms with van der Waals surface area (Å²) in [5, 5.41) is 7.54. The fourth-order valence-electron chi connectivity index (χ4n) is 2.66. The van der Waals surface area contributed by atoms with Crippen molar-refractivity contribution >= 4 is 5.91 Å². The van der Waals surface area contributed by atoms with Crippen LogP contribution in [-0.4, -0.2) is 58.5 Å². The molecule has 21 heavy (non-hydrogen) atoms. The maximum absolute atomic E-state index is 12.3. The average molecular weight is 294 g/mol. The highest BCUT2D eigenvalue weighted by molar-refractivity contribution is 5.78. The summed E-state index contributed by atoms with van der Waals surface area (Å²) in [6.45, 7) is 9.88. The Balaban J connectivity index is 1.80. The fraction of sp³-hybridized carbons (Fsp3) is 0.733. The highest BCUT2D eigenvalue weighted by Crippen LogP contribution is 2.11. The Morgan fingerprint density at radius 1 is 1.38 bits per heavy atom. The van der Waals surface area contributed by atoms with Crippen molar-refractivity contribution in [2.75, 3.05) is 19.6 Å². The molecular formula is C15H26N4O2. The number of carbonyl (C=O) groups excluding carboxylic acids is 1. The second kappa shape index (κ2) is 7.04. The zero-order chi connectivity index (χ0) is 15.4. The second-order valence-electron chi connectivity index (χ2n) is 5.95. The summed E-state index contributed by atoms with van der Waals surface area (Å²) in [6, 6.07) is 2.28. The summed E-state index contributed by atoms with van der Waals surface area (Å²) < 4.78 is 7.56. The molecule has 0 bridgehead atoms. The predicted octanol–water partition coefficient (Wildman–Crippen LogP) is 1.06. The van der Waals surface area contributed by atoms with E-state index in [2.05, 4.69) is 24.3 Å². The first kappa shape index (κ1) is 16.0. The van der Waals surface area contributed by atoms with E-state index < -0.39 is 0 Å². The molecule has 6 heteroatoms. The van der Waals surface area contributed by atoms with E-state index in [1.165, 1.54) is 0 Å². The van der Waals surface area contributed by atoms with E-state index in [4.69, 9.17) is 4.74 Å². The predicted molar refractivity (Wildman–Crippen MR) is 81.0 cm³/mol. The number of carbonyl (C=O) groups is 1. The SMILES string of the molecule is CC1CN(C(=O)CNC(C)C(C)n2cccn2)CC(C)O1. The molecule has 4 unspecified atom stereocenters. The summed E-state index contributed by atoms with van der Waals surface area (Å²) >= 11 is 0. The van der Waals surface area contributed by atoms with Crippen LogP contribution in [0.4, 0.5) is 0 Å². The number of ether oxygens (including phenoxy) is 1. The van der Waals surface area contributed by atoms with Crippen molar-refractivity contribution in [3.8, 4) is 0 Å². The van der Waals surface area contributed by atoms with Gasteiger partial charge < -0.3 is 15.0 Å². The average Bonchev–Trinajstić information content (AvgIpc) is 2.96. The topological polar surface area (TPSA) is 59.4 Å². The normalized spacial score (nSPS) is 25.6. The molecule has 1 aromatic heterocycles.